The third kappa shape index (κ3) is 3.15. The van der Waals surface area contributed by atoms with Crippen molar-refractivity contribution in [3.05, 3.63) is 39.5 Å². The lowest BCUT2D eigenvalue weighted by Gasteiger charge is -2.32. The quantitative estimate of drug-likeness (QED) is 0.805. The van der Waals surface area contributed by atoms with Gasteiger partial charge in [-0.25, -0.2) is 9.07 Å². The fourth-order valence-electron chi connectivity index (χ4n) is 2.11. The molecule has 0 saturated carbocycles. The van der Waals surface area contributed by atoms with Crippen LogP contribution in [0.1, 0.15) is 40.3 Å². The van der Waals surface area contributed by atoms with Crippen molar-refractivity contribution in [2.24, 2.45) is 0 Å². The number of nitrogens with zero attached hydrogens (tertiary/aromatic N) is 2. The first-order chi connectivity index (χ1) is 10.0. The zero-order valence-corrected chi connectivity index (χ0v) is 13.9. The summed E-state index contributed by atoms with van der Waals surface area (Å²) >= 11 is 0. The van der Waals surface area contributed by atoms with E-state index in [2.05, 4.69) is 5.10 Å². The van der Waals surface area contributed by atoms with Crippen LogP contribution < -0.4 is 5.56 Å². The van der Waals surface area contributed by atoms with Crippen LogP contribution in [0.2, 0.25) is 0 Å². The van der Waals surface area contributed by atoms with Crippen molar-refractivity contribution in [1.29, 1.82) is 0 Å². The lowest BCUT2D eigenvalue weighted by Crippen LogP contribution is -2.41. The summed E-state index contributed by atoms with van der Waals surface area (Å²) in [5, 5.41) is 4.10. The van der Waals surface area contributed by atoms with Gasteiger partial charge in [0.1, 0.15) is 5.73 Å². The number of hydrogen-bond donors (Lipinski definition) is 0. The molecule has 1 aromatic heterocycles. The average molecular weight is 308 g/mol. The minimum absolute atomic E-state index is 0.0659. The van der Waals surface area contributed by atoms with Gasteiger partial charge in [-0.2, -0.15) is 5.10 Å². The van der Waals surface area contributed by atoms with E-state index in [0.29, 0.717) is 11.3 Å². The molecule has 0 aromatic carbocycles. The Kier molecular flexibility index (Phi) is 4.32. The zero-order valence-electron chi connectivity index (χ0n) is 13.9. The summed E-state index contributed by atoms with van der Waals surface area (Å²) in [6.45, 7) is 10.9. The van der Waals surface area contributed by atoms with Gasteiger partial charge in [-0.1, -0.05) is 0 Å². The lowest BCUT2D eigenvalue weighted by molar-refractivity contribution is 0.00578. The van der Waals surface area contributed by atoms with E-state index in [0.717, 1.165) is 0 Å². The second-order valence-corrected chi connectivity index (χ2v) is 6.69. The second kappa shape index (κ2) is 5.63. The summed E-state index contributed by atoms with van der Waals surface area (Å²) in [4.78, 5) is 11.7. The molecule has 0 bridgehead atoms. The number of aryl methyl sites for hydroxylation is 1. The summed E-state index contributed by atoms with van der Waals surface area (Å²) < 4.78 is 27.2. The summed E-state index contributed by atoms with van der Waals surface area (Å²) in [6, 6.07) is 3.05. The van der Waals surface area contributed by atoms with Gasteiger partial charge in [0.25, 0.3) is 5.56 Å². The molecule has 1 aromatic rings. The molecule has 1 fully saturated rings. The molecule has 120 valence electrons. The molecule has 0 unspecified atom stereocenters. The van der Waals surface area contributed by atoms with E-state index in [9.17, 15) is 9.18 Å². The van der Waals surface area contributed by atoms with Crippen molar-refractivity contribution in [3.63, 3.8) is 0 Å². The van der Waals surface area contributed by atoms with Gasteiger partial charge < -0.3 is 9.31 Å². The molecule has 0 amide bonds. The van der Waals surface area contributed by atoms with Crippen molar-refractivity contribution in [2.45, 2.75) is 59.3 Å². The van der Waals surface area contributed by atoms with Gasteiger partial charge in [0.2, 0.25) is 0 Å². The fourth-order valence-corrected chi connectivity index (χ4v) is 2.11. The Labute approximate surface area is 130 Å². The normalized spacial score (nSPS) is 21.0. The molecule has 22 heavy (non-hydrogen) atoms. The van der Waals surface area contributed by atoms with Crippen LogP contribution in [0.25, 0.3) is 0 Å². The van der Waals surface area contributed by atoms with Gasteiger partial charge in [0.15, 0.2) is 0 Å². The lowest BCUT2D eigenvalue weighted by atomic mass is 9.85. The largest absolute Gasteiger partial charge is 0.525 e. The molecule has 1 aliphatic heterocycles. The van der Waals surface area contributed by atoms with Crippen molar-refractivity contribution in [3.8, 4) is 0 Å². The maximum Gasteiger partial charge on any atom is 0.525 e. The highest BCUT2D eigenvalue weighted by Crippen LogP contribution is 2.39. The summed E-state index contributed by atoms with van der Waals surface area (Å²) in [6.07, 6.45) is 0. The van der Waals surface area contributed by atoms with E-state index in [1.807, 2.05) is 27.7 Å². The smallest absolute Gasteiger partial charge is 0.398 e. The van der Waals surface area contributed by atoms with Crippen LogP contribution in [-0.4, -0.2) is 28.1 Å². The molecular weight excluding hydrogens is 286 g/mol. The van der Waals surface area contributed by atoms with Crippen LogP contribution in [0.3, 0.4) is 0 Å². The first-order valence-electron chi connectivity index (χ1n) is 7.29. The van der Waals surface area contributed by atoms with E-state index >= 15 is 0 Å². The van der Waals surface area contributed by atoms with Crippen LogP contribution in [0.5, 0.6) is 0 Å². The van der Waals surface area contributed by atoms with Crippen molar-refractivity contribution in [1.82, 2.24) is 9.78 Å². The van der Waals surface area contributed by atoms with E-state index < -0.39 is 24.0 Å². The van der Waals surface area contributed by atoms with Crippen LogP contribution in [0.4, 0.5) is 4.39 Å². The van der Waals surface area contributed by atoms with Crippen LogP contribution in [0, 0.1) is 6.92 Å². The SMILES string of the molecule is CC(Cn1nc(C)ccc1=O)=C(F)B1OC(C)(C)C(C)(C)O1. The summed E-state index contributed by atoms with van der Waals surface area (Å²) in [5.41, 5.74) is -0.927. The molecule has 0 aliphatic carbocycles. The molecule has 0 atom stereocenters. The number of halogens is 1. The summed E-state index contributed by atoms with van der Waals surface area (Å²) in [7, 11) is -1.05. The van der Waals surface area contributed by atoms with Gasteiger partial charge >= 0.3 is 7.12 Å². The van der Waals surface area contributed by atoms with Gasteiger partial charge in [0.05, 0.1) is 23.4 Å². The first-order valence-corrected chi connectivity index (χ1v) is 7.29. The van der Waals surface area contributed by atoms with E-state index in [1.54, 1.807) is 19.9 Å². The third-order valence-corrected chi connectivity index (χ3v) is 4.25. The van der Waals surface area contributed by atoms with Crippen LogP contribution in [0.15, 0.2) is 28.2 Å². The minimum Gasteiger partial charge on any atom is -0.398 e. The Morgan fingerprint density at radius 3 is 2.36 bits per heavy atom. The Morgan fingerprint density at radius 1 is 1.27 bits per heavy atom. The molecule has 0 radical (unpaired) electrons. The second-order valence-electron chi connectivity index (χ2n) is 6.69. The Bertz CT molecular complexity index is 651. The van der Waals surface area contributed by atoms with Crippen molar-refractivity contribution in [2.75, 3.05) is 0 Å². The van der Waals surface area contributed by atoms with Gasteiger partial charge in [-0.3, -0.25) is 4.79 Å². The van der Waals surface area contributed by atoms with Crippen LogP contribution in [-0.2, 0) is 15.9 Å². The van der Waals surface area contributed by atoms with E-state index in [-0.39, 0.29) is 12.1 Å². The molecule has 2 heterocycles. The van der Waals surface area contributed by atoms with Gasteiger partial charge in [-0.05, 0) is 53.2 Å². The molecule has 0 spiro atoms. The maximum absolute atomic E-state index is 14.6. The third-order valence-electron chi connectivity index (χ3n) is 4.25. The molecule has 1 saturated heterocycles. The molecule has 0 N–H and O–H groups in total. The average Bonchev–Trinajstić information content (AvgIpc) is 2.62. The van der Waals surface area contributed by atoms with E-state index in [1.165, 1.54) is 10.7 Å². The predicted molar refractivity (Wildman–Crippen MR) is 83.1 cm³/mol. The zero-order chi connectivity index (χ0) is 16.7. The topological polar surface area (TPSA) is 53.4 Å². The molecule has 1 aliphatic rings. The number of aromatic nitrogens is 2. The molecule has 2 rings (SSSR count). The van der Waals surface area contributed by atoms with Gasteiger partial charge in [0, 0.05) is 6.07 Å². The minimum atomic E-state index is -1.05. The first kappa shape index (κ1) is 16.9. The monoisotopic (exact) mass is 308 g/mol. The van der Waals surface area contributed by atoms with E-state index in [4.69, 9.17) is 9.31 Å². The van der Waals surface area contributed by atoms with Crippen molar-refractivity contribution < 1.29 is 13.7 Å². The Balaban J connectivity index is 2.24. The highest BCUT2D eigenvalue weighted by Gasteiger charge is 2.53. The predicted octanol–water partition coefficient (Wildman–Crippen LogP) is 2.43. The molecule has 7 heteroatoms. The number of allylic oxidation sites excluding steroid dienone is 1. The highest BCUT2D eigenvalue weighted by molar-refractivity contribution is 6.53. The van der Waals surface area contributed by atoms with Gasteiger partial charge in [-0.15, -0.1) is 0 Å². The Morgan fingerprint density at radius 2 is 1.82 bits per heavy atom. The summed E-state index contributed by atoms with van der Waals surface area (Å²) in [5.74, 6) is 0. The number of hydrogen-bond acceptors (Lipinski definition) is 4. The van der Waals surface area contributed by atoms with Crippen molar-refractivity contribution >= 4 is 7.12 Å². The molecule has 5 nitrogen and oxygen atoms in total. The fraction of sp³-hybridized carbons (Fsp3) is 0.600. The Hall–Kier alpha value is -1.47. The standard InChI is InChI=1S/C15H22BFN2O3/c1-10(9-19-12(20)8-7-11(2)18-19)13(17)16-21-14(3,4)15(5,6)22-16/h7-8H,9H2,1-6H3. The maximum atomic E-state index is 14.6. The highest BCUT2D eigenvalue weighted by atomic mass is 19.1. The number of rotatable bonds is 3. The van der Waals surface area contributed by atoms with Crippen LogP contribution >= 0.6 is 0 Å². The molecular formula is C15H22BFN2O3.